The number of carbonyl (C=O) groups is 1. The predicted octanol–water partition coefficient (Wildman–Crippen LogP) is 3.94. The van der Waals surface area contributed by atoms with E-state index in [-0.39, 0.29) is 12.3 Å². The van der Waals surface area contributed by atoms with Crippen LogP contribution in [0.2, 0.25) is 0 Å². The number of nitrogens with one attached hydrogen (secondary N) is 1. The second kappa shape index (κ2) is 9.87. The van der Waals surface area contributed by atoms with Gasteiger partial charge in [0.2, 0.25) is 5.91 Å². The van der Waals surface area contributed by atoms with Gasteiger partial charge in [-0.05, 0) is 48.1 Å². The van der Waals surface area contributed by atoms with Crippen LogP contribution in [0.5, 0.6) is 0 Å². The number of amides is 1. The molecule has 0 bridgehead atoms. The zero-order valence-electron chi connectivity index (χ0n) is 17.4. The molecule has 1 aliphatic rings. The van der Waals surface area contributed by atoms with Crippen LogP contribution in [0.1, 0.15) is 35.4 Å². The van der Waals surface area contributed by atoms with E-state index in [9.17, 15) is 4.79 Å². The van der Waals surface area contributed by atoms with E-state index in [1.165, 1.54) is 10.8 Å². The van der Waals surface area contributed by atoms with E-state index in [0.29, 0.717) is 37.1 Å². The maximum Gasteiger partial charge on any atom is 0.226 e. The fourth-order valence-electron chi connectivity index (χ4n) is 3.72. The number of nitrogens with zero attached hydrogens (tertiary/aromatic N) is 1. The van der Waals surface area contributed by atoms with Crippen LogP contribution in [0.15, 0.2) is 47.0 Å². The Morgan fingerprint density at radius 3 is 2.77 bits per heavy atom. The Morgan fingerprint density at radius 2 is 1.93 bits per heavy atom. The minimum absolute atomic E-state index is 0.0264. The fraction of sp³-hybridized carbons (Fsp3) is 0.417. The zero-order valence-corrected chi connectivity index (χ0v) is 17.4. The summed E-state index contributed by atoms with van der Waals surface area (Å²) in [6.45, 7) is 5.01. The molecule has 0 saturated carbocycles. The van der Waals surface area contributed by atoms with Gasteiger partial charge in [-0.2, -0.15) is 0 Å². The van der Waals surface area contributed by atoms with Gasteiger partial charge in [-0.15, -0.1) is 0 Å². The largest absolute Gasteiger partial charge is 0.381 e. The highest BCUT2D eigenvalue weighted by Gasteiger charge is 2.18. The number of rotatable bonds is 8. The highest BCUT2D eigenvalue weighted by atomic mass is 16.5. The smallest absolute Gasteiger partial charge is 0.226 e. The van der Waals surface area contributed by atoms with Gasteiger partial charge < -0.3 is 19.3 Å². The van der Waals surface area contributed by atoms with E-state index >= 15 is 0 Å². The van der Waals surface area contributed by atoms with Gasteiger partial charge >= 0.3 is 0 Å². The van der Waals surface area contributed by atoms with Crippen molar-refractivity contribution in [2.45, 2.75) is 39.4 Å². The van der Waals surface area contributed by atoms with Gasteiger partial charge in [0.15, 0.2) is 5.76 Å². The lowest BCUT2D eigenvalue weighted by atomic mass is 10.0. The van der Waals surface area contributed by atoms with Crippen LogP contribution in [0.25, 0.3) is 10.8 Å². The molecule has 6 heteroatoms. The van der Waals surface area contributed by atoms with Crippen molar-refractivity contribution < 1.29 is 18.8 Å². The minimum atomic E-state index is -0.0264. The lowest BCUT2D eigenvalue weighted by Gasteiger charge is -2.22. The summed E-state index contributed by atoms with van der Waals surface area (Å²) in [6, 6.07) is 14.6. The number of hydrogen-bond donors (Lipinski definition) is 1. The van der Waals surface area contributed by atoms with Crippen LogP contribution in [0.4, 0.5) is 0 Å². The van der Waals surface area contributed by atoms with Gasteiger partial charge in [-0.1, -0.05) is 41.6 Å². The predicted molar refractivity (Wildman–Crippen MR) is 114 cm³/mol. The highest BCUT2D eigenvalue weighted by molar-refractivity contribution is 5.83. The Hall–Kier alpha value is -2.70. The molecule has 1 saturated heterocycles. The van der Waals surface area contributed by atoms with Gasteiger partial charge in [0, 0.05) is 25.3 Å². The lowest BCUT2D eigenvalue weighted by Crippen LogP contribution is -2.33. The fourth-order valence-corrected chi connectivity index (χ4v) is 3.72. The molecule has 1 aromatic heterocycles. The first-order valence-electron chi connectivity index (χ1n) is 10.5. The van der Waals surface area contributed by atoms with Crippen molar-refractivity contribution in [1.82, 2.24) is 10.5 Å². The van der Waals surface area contributed by atoms with Gasteiger partial charge in [-0.25, -0.2) is 0 Å². The maximum atomic E-state index is 12.3. The molecule has 30 heavy (non-hydrogen) atoms. The molecule has 1 fully saturated rings. The maximum absolute atomic E-state index is 12.3. The number of ether oxygens (including phenoxy) is 2. The van der Waals surface area contributed by atoms with Crippen molar-refractivity contribution >= 4 is 16.7 Å². The zero-order chi connectivity index (χ0) is 20.8. The van der Waals surface area contributed by atoms with Crippen LogP contribution in [-0.4, -0.2) is 30.8 Å². The molecule has 158 valence electrons. The van der Waals surface area contributed by atoms with Gasteiger partial charge in [0.1, 0.15) is 6.61 Å². The molecule has 2 heterocycles. The van der Waals surface area contributed by atoms with Crippen molar-refractivity contribution in [3.8, 4) is 0 Å². The van der Waals surface area contributed by atoms with Crippen molar-refractivity contribution in [3.63, 3.8) is 0 Å². The van der Waals surface area contributed by atoms with Crippen molar-refractivity contribution in [2.75, 3.05) is 19.8 Å². The van der Waals surface area contributed by atoms with E-state index in [1.807, 2.05) is 19.1 Å². The Labute approximate surface area is 176 Å². The molecule has 0 aliphatic carbocycles. The number of fused-ring (bicyclic) bond motifs is 1. The summed E-state index contributed by atoms with van der Waals surface area (Å²) in [5.74, 6) is 1.14. The molecule has 1 aliphatic heterocycles. The molecule has 0 atom stereocenters. The Kier molecular flexibility index (Phi) is 6.77. The summed E-state index contributed by atoms with van der Waals surface area (Å²) < 4.78 is 16.6. The van der Waals surface area contributed by atoms with Crippen LogP contribution in [-0.2, 0) is 33.9 Å². The van der Waals surface area contributed by atoms with Crippen LogP contribution >= 0.6 is 0 Å². The van der Waals surface area contributed by atoms with Gasteiger partial charge in [-0.3, -0.25) is 4.79 Å². The van der Waals surface area contributed by atoms with Crippen molar-refractivity contribution in [2.24, 2.45) is 5.92 Å². The Bertz CT molecular complexity index is 992. The molecule has 0 spiro atoms. The highest BCUT2D eigenvalue weighted by Crippen LogP contribution is 2.19. The number of benzene rings is 2. The molecule has 3 aromatic rings. The molecular formula is C24H28N2O4. The second-order valence-electron chi connectivity index (χ2n) is 7.89. The molecule has 0 unspecified atom stereocenters. The quantitative estimate of drug-likeness (QED) is 0.611. The summed E-state index contributed by atoms with van der Waals surface area (Å²) in [6.07, 6.45) is 2.23. The van der Waals surface area contributed by atoms with Crippen LogP contribution in [0.3, 0.4) is 0 Å². The Morgan fingerprint density at radius 1 is 1.13 bits per heavy atom. The number of aromatic nitrogens is 1. The van der Waals surface area contributed by atoms with E-state index in [2.05, 4.69) is 40.8 Å². The monoisotopic (exact) mass is 408 g/mol. The summed E-state index contributed by atoms with van der Waals surface area (Å²) in [5.41, 5.74) is 2.66. The molecule has 1 N–H and O–H groups in total. The second-order valence-corrected chi connectivity index (χ2v) is 7.89. The Balaban J connectivity index is 1.25. The van der Waals surface area contributed by atoms with Crippen LogP contribution in [0, 0.1) is 12.8 Å². The third-order valence-corrected chi connectivity index (χ3v) is 5.69. The first-order chi connectivity index (χ1) is 14.7. The first kappa shape index (κ1) is 20.6. The van der Waals surface area contributed by atoms with Crippen molar-refractivity contribution in [3.05, 3.63) is 65.0 Å². The van der Waals surface area contributed by atoms with Crippen LogP contribution < -0.4 is 5.32 Å². The summed E-state index contributed by atoms with van der Waals surface area (Å²) in [4.78, 5) is 12.3. The molecule has 1 amide bonds. The van der Waals surface area contributed by atoms with E-state index in [4.69, 9.17) is 14.0 Å². The first-order valence-corrected chi connectivity index (χ1v) is 10.5. The topological polar surface area (TPSA) is 73.6 Å². The van der Waals surface area contributed by atoms with Gasteiger partial charge in [0.25, 0.3) is 0 Å². The molecule has 4 rings (SSSR count). The summed E-state index contributed by atoms with van der Waals surface area (Å²) in [7, 11) is 0. The summed E-state index contributed by atoms with van der Waals surface area (Å²) in [5, 5.41) is 9.50. The van der Waals surface area contributed by atoms with Gasteiger partial charge in [0.05, 0.1) is 18.7 Å². The molecule has 6 nitrogen and oxygen atoms in total. The minimum Gasteiger partial charge on any atom is -0.381 e. The number of hydrogen-bond acceptors (Lipinski definition) is 5. The molecular weight excluding hydrogens is 380 g/mol. The SMILES string of the molecule is Cc1c(CC(=O)NCC2CCOCC2)noc1COCc1ccc2ccccc2c1. The third-order valence-electron chi connectivity index (χ3n) is 5.69. The lowest BCUT2D eigenvalue weighted by molar-refractivity contribution is -0.120. The normalized spacial score (nSPS) is 14.8. The third kappa shape index (κ3) is 5.26. The average molecular weight is 408 g/mol. The number of carbonyl (C=O) groups excluding carboxylic acids is 1. The van der Waals surface area contributed by atoms with E-state index in [0.717, 1.165) is 37.2 Å². The molecule has 0 radical (unpaired) electrons. The van der Waals surface area contributed by atoms with E-state index < -0.39 is 0 Å². The standard InChI is InChI=1S/C24H28N2O4/c1-17-22(13-24(27)25-14-18-8-10-28-11-9-18)26-30-23(17)16-29-15-19-6-7-20-4-2-3-5-21(20)12-19/h2-7,12,18H,8-11,13-16H2,1H3,(H,25,27). The average Bonchev–Trinajstić information content (AvgIpc) is 3.12. The molecule has 2 aromatic carbocycles. The summed E-state index contributed by atoms with van der Waals surface area (Å²) >= 11 is 0. The van der Waals surface area contributed by atoms with E-state index in [1.54, 1.807) is 0 Å². The van der Waals surface area contributed by atoms with Crippen molar-refractivity contribution in [1.29, 1.82) is 0 Å².